The fourth-order valence-corrected chi connectivity index (χ4v) is 3.31. The van der Waals surface area contributed by atoms with Gasteiger partial charge in [0.2, 0.25) is 0 Å². The maximum Gasteiger partial charge on any atom is 0.191 e. The molecule has 0 saturated carbocycles. The number of benzene rings is 1. The number of nitrogens with one attached hydrogen (secondary N) is 2. The molecule has 6 nitrogen and oxygen atoms in total. The van der Waals surface area contributed by atoms with Gasteiger partial charge >= 0.3 is 0 Å². The summed E-state index contributed by atoms with van der Waals surface area (Å²) in [7, 11) is 1.64. The molecule has 0 bridgehead atoms. The van der Waals surface area contributed by atoms with Crippen LogP contribution in [0.15, 0.2) is 34.6 Å². The Morgan fingerprint density at radius 3 is 2.70 bits per heavy atom. The minimum atomic E-state index is -0.0601. The monoisotopic (exact) mass is 390 g/mol. The van der Waals surface area contributed by atoms with Crippen molar-refractivity contribution in [2.24, 2.45) is 4.99 Å². The lowest BCUT2D eigenvalue weighted by atomic mass is 10.3. The van der Waals surface area contributed by atoms with Gasteiger partial charge in [-0.1, -0.05) is 12.1 Å². The normalized spacial score (nSPS) is 12.5. The molecule has 1 heterocycles. The molecule has 0 amide bonds. The number of aliphatic imine (C=N–C) groups is 1. The lowest BCUT2D eigenvalue weighted by Crippen LogP contribution is -2.38. The first-order valence-electron chi connectivity index (χ1n) is 9.35. The second kappa shape index (κ2) is 11.4. The van der Waals surface area contributed by atoms with Crippen LogP contribution in [0.25, 0.3) is 0 Å². The van der Waals surface area contributed by atoms with E-state index in [-0.39, 0.29) is 6.10 Å². The molecule has 27 heavy (non-hydrogen) atoms. The Morgan fingerprint density at radius 1 is 1.26 bits per heavy atom. The summed E-state index contributed by atoms with van der Waals surface area (Å²) < 4.78 is 11.3. The number of methoxy groups -OCH3 is 1. The van der Waals surface area contributed by atoms with Crippen molar-refractivity contribution in [3.8, 4) is 11.5 Å². The zero-order valence-corrected chi connectivity index (χ0v) is 17.4. The summed E-state index contributed by atoms with van der Waals surface area (Å²) in [5.41, 5.74) is 1.10. The van der Waals surface area contributed by atoms with E-state index in [1.807, 2.05) is 38.1 Å². The molecule has 0 aliphatic heterocycles. The van der Waals surface area contributed by atoms with Gasteiger partial charge in [0, 0.05) is 30.6 Å². The minimum absolute atomic E-state index is 0.0601. The highest BCUT2D eigenvalue weighted by molar-refractivity contribution is 7.09. The van der Waals surface area contributed by atoms with Crippen molar-refractivity contribution in [3.05, 3.63) is 40.3 Å². The number of hydrogen-bond donors (Lipinski definition) is 2. The summed E-state index contributed by atoms with van der Waals surface area (Å²) in [6.07, 6.45) is 1.94. The van der Waals surface area contributed by atoms with E-state index in [0.717, 1.165) is 49.1 Å². The Morgan fingerprint density at radius 2 is 2.04 bits per heavy atom. The van der Waals surface area contributed by atoms with E-state index < -0.39 is 0 Å². The summed E-state index contributed by atoms with van der Waals surface area (Å²) in [6, 6.07) is 7.65. The molecule has 0 radical (unpaired) electrons. The summed E-state index contributed by atoms with van der Waals surface area (Å²) in [5, 5.41) is 9.93. The topological polar surface area (TPSA) is 67.8 Å². The van der Waals surface area contributed by atoms with Crippen LogP contribution in [0.3, 0.4) is 0 Å². The van der Waals surface area contributed by atoms with Crippen LogP contribution in [-0.4, -0.2) is 43.8 Å². The highest BCUT2D eigenvalue weighted by Crippen LogP contribution is 2.26. The van der Waals surface area contributed by atoms with E-state index >= 15 is 0 Å². The third kappa shape index (κ3) is 7.46. The fourth-order valence-electron chi connectivity index (χ4n) is 2.50. The number of rotatable bonds is 10. The quantitative estimate of drug-likeness (QED) is 0.370. The third-order valence-corrected chi connectivity index (χ3v) is 4.80. The van der Waals surface area contributed by atoms with Crippen LogP contribution >= 0.6 is 11.3 Å². The van der Waals surface area contributed by atoms with Crippen molar-refractivity contribution in [1.82, 2.24) is 15.6 Å². The van der Waals surface area contributed by atoms with Crippen LogP contribution in [0.4, 0.5) is 0 Å². The van der Waals surface area contributed by atoms with Gasteiger partial charge in [0.1, 0.15) is 6.10 Å². The zero-order valence-electron chi connectivity index (χ0n) is 16.6. The number of para-hydroxylation sites is 2. The first-order valence-corrected chi connectivity index (χ1v) is 10.2. The maximum atomic E-state index is 5.96. The molecule has 1 unspecified atom stereocenters. The predicted octanol–water partition coefficient (Wildman–Crippen LogP) is 3.42. The van der Waals surface area contributed by atoms with Crippen LogP contribution in [0.2, 0.25) is 0 Å². The second-order valence-corrected chi connectivity index (χ2v) is 7.15. The smallest absolute Gasteiger partial charge is 0.191 e. The van der Waals surface area contributed by atoms with Gasteiger partial charge in [-0.05, 0) is 39.3 Å². The fraction of sp³-hybridized carbons (Fsp3) is 0.500. The van der Waals surface area contributed by atoms with Crippen molar-refractivity contribution >= 4 is 17.3 Å². The largest absolute Gasteiger partial charge is 0.493 e. The summed E-state index contributed by atoms with van der Waals surface area (Å²) >= 11 is 1.73. The van der Waals surface area contributed by atoms with Gasteiger partial charge in [0.25, 0.3) is 0 Å². The zero-order chi connectivity index (χ0) is 19.5. The molecule has 0 saturated heterocycles. The summed E-state index contributed by atoms with van der Waals surface area (Å²) in [5.74, 6) is 2.28. The third-order valence-electron chi connectivity index (χ3n) is 3.77. The Bertz CT molecular complexity index is 718. The lowest BCUT2D eigenvalue weighted by molar-refractivity contribution is 0.219. The Labute approximate surface area is 166 Å². The van der Waals surface area contributed by atoms with Crippen LogP contribution in [0.5, 0.6) is 11.5 Å². The molecule has 0 aliphatic carbocycles. The molecular weight excluding hydrogens is 360 g/mol. The molecule has 2 rings (SSSR count). The van der Waals surface area contributed by atoms with Crippen LogP contribution in [0.1, 0.15) is 31.0 Å². The van der Waals surface area contributed by atoms with Crippen LogP contribution < -0.4 is 20.1 Å². The van der Waals surface area contributed by atoms with Gasteiger partial charge in [0.15, 0.2) is 17.5 Å². The van der Waals surface area contributed by atoms with Crippen molar-refractivity contribution in [3.63, 3.8) is 0 Å². The van der Waals surface area contributed by atoms with Gasteiger partial charge in [0.05, 0.1) is 18.7 Å². The van der Waals surface area contributed by atoms with Gasteiger partial charge in [-0.3, -0.25) is 0 Å². The molecule has 1 atom stereocenters. The number of hydrogen-bond acceptors (Lipinski definition) is 5. The highest BCUT2D eigenvalue weighted by atomic mass is 32.1. The Hall–Kier alpha value is -2.28. The van der Waals surface area contributed by atoms with E-state index in [4.69, 9.17) is 9.47 Å². The van der Waals surface area contributed by atoms with E-state index in [9.17, 15) is 0 Å². The van der Waals surface area contributed by atoms with E-state index in [1.54, 1.807) is 18.4 Å². The molecule has 2 N–H and O–H groups in total. The molecule has 0 spiro atoms. The molecule has 7 heteroatoms. The molecule has 0 fully saturated rings. The second-order valence-electron chi connectivity index (χ2n) is 6.21. The SMILES string of the molecule is CCNC(=NCC(C)Oc1ccccc1OC)NCCCc1nc(C)cs1. The highest BCUT2D eigenvalue weighted by Gasteiger charge is 2.08. The molecule has 1 aromatic heterocycles. The van der Waals surface area contributed by atoms with Crippen LogP contribution in [-0.2, 0) is 6.42 Å². The standard InChI is InChI=1S/C20H30N4O2S/c1-5-21-20(22-12-8-11-19-24-15(2)14-27-19)23-13-16(3)26-18-10-7-6-9-17(18)25-4/h6-7,9-10,14,16H,5,8,11-13H2,1-4H3,(H2,21,22,23). The van der Waals surface area contributed by atoms with Crippen molar-refractivity contribution in [1.29, 1.82) is 0 Å². The lowest BCUT2D eigenvalue weighted by Gasteiger charge is -2.16. The van der Waals surface area contributed by atoms with Crippen molar-refractivity contribution < 1.29 is 9.47 Å². The number of aromatic nitrogens is 1. The number of nitrogens with zero attached hydrogens (tertiary/aromatic N) is 2. The predicted molar refractivity (Wildman–Crippen MR) is 112 cm³/mol. The first-order chi connectivity index (χ1) is 13.1. The maximum absolute atomic E-state index is 5.96. The van der Waals surface area contributed by atoms with Crippen molar-refractivity contribution in [2.75, 3.05) is 26.7 Å². The number of guanidine groups is 1. The van der Waals surface area contributed by atoms with Crippen LogP contribution in [0, 0.1) is 6.92 Å². The molecule has 2 aromatic rings. The molecular formula is C20H30N4O2S. The molecule has 148 valence electrons. The van der Waals surface area contributed by atoms with Gasteiger partial charge in [-0.2, -0.15) is 0 Å². The number of aryl methyl sites for hydroxylation is 2. The number of ether oxygens (including phenoxy) is 2. The number of thiazole rings is 1. The minimum Gasteiger partial charge on any atom is -0.493 e. The Balaban J connectivity index is 1.79. The average Bonchev–Trinajstić information content (AvgIpc) is 3.08. The van der Waals surface area contributed by atoms with Gasteiger partial charge in [-0.15, -0.1) is 11.3 Å². The van der Waals surface area contributed by atoms with Gasteiger partial charge in [-0.25, -0.2) is 9.98 Å². The summed E-state index contributed by atoms with van der Waals surface area (Å²) in [6.45, 7) is 8.32. The summed E-state index contributed by atoms with van der Waals surface area (Å²) in [4.78, 5) is 9.12. The van der Waals surface area contributed by atoms with E-state index in [2.05, 4.69) is 32.9 Å². The molecule has 0 aliphatic rings. The Kier molecular flexibility index (Phi) is 8.91. The molecule has 1 aromatic carbocycles. The van der Waals surface area contributed by atoms with E-state index in [0.29, 0.717) is 6.54 Å². The average molecular weight is 391 g/mol. The van der Waals surface area contributed by atoms with E-state index in [1.165, 1.54) is 5.01 Å². The first kappa shape index (κ1) is 21.0. The van der Waals surface area contributed by atoms with Gasteiger partial charge < -0.3 is 20.1 Å². The van der Waals surface area contributed by atoms with Crippen molar-refractivity contribution in [2.45, 2.75) is 39.7 Å².